The second-order valence-corrected chi connectivity index (χ2v) is 5.69. The van der Waals surface area contributed by atoms with Gasteiger partial charge in [-0.05, 0) is 35.6 Å². The molecule has 1 N–H and O–H groups in total. The molecule has 0 fully saturated rings. The number of benzene rings is 2. The summed E-state index contributed by atoms with van der Waals surface area (Å²) < 4.78 is 0. The molecule has 0 unspecified atom stereocenters. The van der Waals surface area contributed by atoms with Gasteiger partial charge in [0, 0.05) is 24.7 Å². The predicted octanol–water partition coefficient (Wildman–Crippen LogP) is 3.51. The number of nitrogens with one attached hydrogen (secondary N) is 1. The van der Waals surface area contributed by atoms with Crippen LogP contribution in [0.5, 0.6) is 0 Å². The van der Waals surface area contributed by atoms with Gasteiger partial charge in [0.05, 0.1) is 9.95 Å². The Kier molecular flexibility index (Phi) is 3.90. The Bertz CT molecular complexity index is 663. The topological polar surface area (TPSA) is 55.2 Å². The average Bonchev–Trinajstić information content (AvgIpc) is 2.88. The molecule has 108 valence electrons. The number of non-ortho nitro benzene ring substituents is 1. The average molecular weight is 303 g/mol. The maximum Gasteiger partial charge on any atom is 0.270 e. The summed E-state index contributed by atoms with van der Waals surface area (Å²) in [6, 6.07) is 13.5. The van der Waals surface area contributed by atoms with Gasteiger partial charge < -0.3 is 5.32 Å². The van der Waals surface area contributed by atoms with E-state index in [9.17, 15) is 10.1 Å². The van der Waals surface area contributed by atoms with Crippen molar-refractivity contribution in [3.63, 3.8) is 0 Å². The van der Waals surface area contributed by atoms with Gasteiger partial charge in [-0.15, -0.1) is 0 Å². The number of halogens is 1. The molecule has 0 spiro atoms. The van der Waals surface area contributed by atoms with E-state index in [1.54, 1.807) is 6.07 Å². The first-order valence-corrected chi connectivity index (χ1v) is 7.24. The lowest BCUT2D eigenvalue weighted by molar-refractivity contribution is -0.384. The number of nitro benzene ring substituents is 1. The fraction of sp³-hybridized carbons (Fsp3) is 0.250. The molecule has 21 heavy (non-hydrogen) atoms. The smallest absolute Gasteiger partial charge is 0.270 e. The molecule has 1 aliphatic carbocycles. The van der Waals surface area contributed by atoms with E-state index in [2.05, 4.69) is 29.6 Å². The Morgan fingerprint density at radius 3 is 2.43 bits per heavy atom. The Labute approximate surface area is 127 Å². The van der Waals surface area contributed by atoms with Crippen LogP contribution in [0.4, 0.5) is 5.69 Å². The lowest BCUT2D eigenvalue weighted by Crippen LogP contribution is -2.29. The summed E-state index contributed by atoms with van der Waals surface area (Å²) >= 11 is 6.10. The van der Waals surface area contributed by atoms with Crippen molar-refractivity contribution >= 4 is 17.3 Å². The maximum absolute atomic E-state index is 10.7. The number of fused-ring (bicyclic) bond motifs is 1. The molecule has 0 bridgehead atoms. The summed E-state index contributed by atoms with van der Waals surface area (Å²) in [7, 11) is 0. The van der Waals surface area contributed by atoms with Gasteiger partial charge in [0.2, 0.25) is 0 Å². The SMILES string of the molecule is O=[N+]([O-])c1ccc(CNC2Cc3ccccc3C2)c(Cl)c1. The van der Waals surface area contributed by atoms with Crippen LogP contribution in [-0.4, -0.2) is 11.0 Å². The van der Waals surface area contributed by atoms with Crippen molar-refractivity contribution in [1.82, 2.24) is 5.32 Å². The number of nitrogens with zero attached hydrogens (tertiary/aromatic N) is 1. The van der Waals surface area contributed by atoms with Crippen LogP contribution in [0.1, 0.15) is 16.7 Å². The van der Waals surface area contributed by atoms with Crippen molar-refractivity contribution in [3.05, 3.63) is 74.3 Å². The van der Waals surface area contributed by atoms with E-state index in [1.165, 1.54) is 23.3 Å². The predicted molar refractivity (Wildman–Crippen MR) is 82.6 cm³/mol. The first-order valence-electron chi connectivity index (χ1n) is 6.86. The molecule has 1 aliphatic rings. The fourth-order valence-corrected chi connectivity index (χ4v) is 2.99. The van der Waals surface area contributed by atoms with Crippen LogP contribution in [0, 0.1) is 10.1 Å². The normalized spacial score (nSPS) is 14.1. The van der Waals surface area contributed by atoms with Gasteiger partial charge in [-0.3, -0.25) is 10.1 Å². The summed E-state index contributed by atoms with van der Waals surface area (Å²) in [5.41, 5.74) is 3.70. The second-order valence-electron chi connectivity index (χ2n) is 5.29. The van der Waals surface area contributed by atoms with Crippen LogP contribution in [0.25, 0.3) is 0 Å². The molecule has 0 heterocycles. The molecule has 2 aromatic rings. The van der Waals surface area contributed by atoms with Gasteiger partial charge in [-0.1, -0.05) is 35.9 Å². The fourth-order valence-electron chi connectivity index (χ4n) is 2.75. The van der Waals surface area contributed by atoms with E-state index in [0.717, 1.165) is 18.4 Å². The molecule has 0 saturated carbocycles. The molecule has 0 aromatic heterocycles. The lowest BCUT2D eigenvalue weighted by Gasteiger charge is -2.12. The summed E-state index contributed by atoms with van der Waals surface area (Å²) in [6.45, 7) is 0.621. The van der Waals surface area contributed by atoms with Crippen LogP contribution in [0.3, 0.4) is 0 Å². The molecule has 0 amide bonds. The highest BCUT2D eigenvalue weighted by Gasteiger charge is 2.20. The Balaban J connectivity index is 1.63. The van der Waals surface area contributed by atoms with Gasteiger partial charge in [0.1, 0.15) is 0 Å². The lowest BCUT2D eigenvalue weighted by atomic mass is 10.1. The summed E-state index contributed by atoms with van der Waals surface area (Å²) in [5, 5.41) is 14.6. The van der Waals surface area contributed by atoms with E-state index in [-0.39, 0.29) is 5.69 Å². The van der Waals surface area contributed by atoms with E-state index in [0.29, 0.717) is 17.6 Å². The van der Waals surface area contributed by atoms with Crippen molar-refractivity contribution in [2.45, 2.75) is 25.4 Å². The third kappa shape index (κ3) is 3.06. The van der Waals surface area contributed by atoms with Crippen molar-refractivity contribution in [2.75, 3.05) is 0 Å². The number of rotatable bonds is 4. The van der Waals surface area contributed by atoms with Crippen molar-refractivity contribution in [1.29, 1.82) is 0 Å². The zero-order valence-corrected chi connectivity index (χ0v) is 12.1. The Hall–Kier alpha value is -1.91. The third-order valence-corrected chi connectivity index (χ3v) is 4.23. The highest BCUT2D eigenvalue weighted by atomic mass is 35.5. The van der Waals surface area contributed by atoms with Crippen molar-refractivity contribution < 1.29 is 4.92 Å². The van der Waals surface area contributed by atoms with Gasteiger partial charge in [0.25, 0.3) is 5.69 Å². The molecule has 0 atom stereocenters. The monoisotopic (exact) mass is 302 g/mol. The largest absolute Gasteiger partial charge is 0.309 e. The van der Waals surface area contributed by atoms with E-state index < -0.39 is 4.92 Å². The second kappa shape index (κ2) is 5.84. The molecular weight excluding hydrogens is 288 g/mol. The van der Waals surface area contributed by atoms with Crippen molar-refractivity contribution in [3.8, 4) is 0 Å². The van der Waals surface area contributed by atoms with Crippen molar-refractivity contribution in [2.24, 2.45) is 0 Å². The Morgan fingerprint density at radius 1 is 1.19 bits per heavy atom. The highest BCUT2D eigenvalue weighted by Crippen LogP contribution is 2.24. The number of hydrogen-bond acceptors (Lipinski definition) is 3. The van der Waals surface area contributed by atoms with Gasteiger partial charge in [-0.2, -0.15) is 0 Å². The van der Waals surface area contributed by atoms with Crippen LogP contribution in [0.2, 0.25) is 5.02 Å². The van der Waals surface area contributed by atoms with Crippen LogP contribution >= 0.6 is 11.6 Å². The quantitative estimate of drug-likeness (QED) is 0.694. The number of nitro groups is 1. The number of hydrogen-bond donors (Lipinski definition) is 1. The van der Waals surface area contributed by atoms with E-state index in [1.807, 2.05) is 0 Å². The minimum atomic E-state index is -0.434. The zero-order chi connectivity index (χ0) is 14.8. The highest BCUT2D eigenvalue weighted by molar-refractivity contribution is 6.31. The van der Waals surface area contributed by atoms with E-state index >= 15 is 0 Å². The zero-order valence-electron chi connectivity index (χ0n) is 11.4. The van der Waals surface area contributed by atoms with Gasteiger partial charge >= 0.3 is 0 Å². The molecule has 3 rings (SSSR count). The molecule has 0 radical (unpaired) electrons. The summed E-state index contributed by atoms with van der Waals surface area (Å²) in [6.07, 6.45) is 2.03. The van der Waals surface area contributed by atoms with Crippen LogP contribution in [0.15, 0.2) is 42.5 Å². The minimum absolute atomic E-state index is 0.0250. The molecular formula is C16H15ClN2O2. The minimum Gasteiger partial charge on any atom is -0.309 e. The van der Waals surface area contributed by atoms with Crippen LogP contribution in [-0.2, 0) is 19.4 Å². The third-order valence-electron chi connectivity index (χ3n) is 3.88. The maximum atomic E-state index is 10.7. The molecule has 2 aromatic carbocycles. The summed E-state index contributed by atoms with van der Waals surface area (Å²) in [5.74, 6) is 0. The molecule has 4 nitrogen and oxygen atoms in total. The first kappa shape index (κ1) is 14.0. The first-order chi connectivity index (χ1) is 10.1. The van der Waals surface area contributed by atoms with Gasteiger partial charge in [-0.25, -0.2) is 0 Å². The Morgan fingerprint density at radius 2 is 1.86 bits per heavy atom. The molecule has 0 saturated heterocycles. The van der Waals surface area contributed by atoms with Gasteiger partial charge in [0.15, 0.2) is 0 Å². The van der Waals surface area contributed by atoms with E-state index in [4.69, 9.17) is 11.6 Å². The standard InChI is InChI=1S/C16H15ClN2O2/c17-16-9-15(19(20)21)6-5-13(16)10-18-14-7-11-3-1-2-4-12(11)8-14/h1-6,9,14,18H,7-8,10H2. The molecule has 0 aliphatic heterocycles. The summed E-state index contributed by atoms with van der Waals surface area (Å²) in [4.78, 5) is 10.3. The van der Waals surface area contributed by atoms with Crippen LogP contribution < -0.4 is 5.32 Å². The molecule has 5 heteroatoms.